The van der Waals surface area contributed by atoms with Crippen molar-refractivity contribution in [2.75, 3.05) is 61.0 Å². The molecule has 2 rings (SSSR count). The summed E-state index contributed by atoms with van der Waals surface area (Å²) in [6.07, 6.45) is 2.45. The van der Waals surface area contributed by atoms with Gasteiger partial charge in [-0.05, 0) is 50.4 Å². The molecule has 174 valence electrons. The van der Waals surface area contributed by atoms with Crippen molar-refractivity contribution >= 4 is 11.9 Å². The molecule has 7 heteroatoms. The number of benzene rings is 1. The van der Waals surface area contributed by atoms with Crippen LogP contribution in [0.2, 0.25) is 0 Å². The topological polar surface area (TPSA) is 56.3 Å². The first-order valence-corrected chi connectivity index (χ1v) is 11.3. The van der Waals surface area contributed by atoms with E-state index < -0.39 is 0 Å². The Bertz CT molecular complexity index is 699. The Morgan fingerprint density at radius 2 is 1.71 bits per heavy atom. The SMILES string of the molecule is CCN(CCN(C)C(=O)N1CCC(C(=O)N(C)C)CC1)C(C)Cc1ccc(OC)cc1. The molecule has 3 amide bonds. The van der Waals surface area contributed by atoms with Gasteiger partial charge in [0.1, 0.15) is 5.75 Å². The molecular weight excluding hydrogens is 392 g/mol. The molecule has 0 aromatic heterocycles. The van der Waals surface area contributed by atoms with E-state index >= 15 is 0 Å². The van der Waals surface area contributed by atoms with Gasteiger partial charge in [-0.3, -0.25) is 9.69 Å². The number of hydrogen-bond acceptors (Lipinski definition) is 4. The third-order valence-electron chi connectivity index (χ3n) is 6.32. The number of urea groups is 1. The average Bonchev–Trinajstić information content (AvgIpc) is 2.78. The Morgan fingerprint density at radius 1 is 1.10 bits per heavy atom. The lowest BCUT2D eigenvalue weighted by molar-refractivity contribution is -0.134. The normalized spacial score (nSPS) is 15.6. The minimum absolute atomic E-state index is 0.0405. The second-order valence-corrected chi connectivity index (χ2v) is 8.73. The number of ether oxygens (including phenoxy) is 1. The molecule has 0 saturated carbocycles. The summed E-state index contributed by atoms with van der Waals surface area (Å²) in [5.74, 6) is 1.09. The van der Waals surface area contributed by atoms with Crippen molar-refractivity contribution in [1.29, 1.82) is 0 Å². The predicted octanol–water partition coefficient (Wildman–Crippen LogP) is 2.80. The van der Waals surface area contributed by atoms with Gasteiger partial charge in [-0.1, -0.05) is 19.1 Å². The summed E-state index contributed by atoms with van der Waals surface area (Å²) < 4.78 is 5.24. The molecular formula is C24H40N4O3. The van der Waals surface area contributed by atoms with E-state index in [1.165, 1.54) is 5.56 Å². The van der Waals surface area contributed by atoms with Crippen LogP contribution in [0.3, 0.4) is 0 Å². The molecule has 31 heavy (non-hydrogen) atoms. The van der Waals surface area contributed by atoms with Crippen LogP contribution >= 0.6 is 0 Å². The first-order valence-electron chi connectivity index (χ1n) is 11.3. The molecule has 1 aliphatic heterocycles. The molecule has 0 aliphatic carbocycles. The second kappa shape index (κ2) is 11.9. The van der Waals surface area contributed by atoms with Crippen LogP contribution < -0.4 is 4.74 Å². The van der Waals surface area contributed by atoms with Gasteiger partial charge in [0.15, 0.2) is 0 Å². The lowest BCUT2D eigenvalue weighted by Crippen LogP contribution is -2.49. The molecule has 1 atom stereocenters. The summed E-state index contributed by atoms with van der Waals surface area (Å²) in [6.45, 7) is 8.18. The standard InChI is InChI=1S/C24H40N4O3/c1-7-27(19(2)18-20-8-10-22(31-6)11-9-20)17-16-26(5)24(30)28-14-12-21(13-15-28)23(29)25(3)4/h8-11,19,21H,7,12-18H2,1-6H3. The highest BCUT2D eigenvalue weighted by atomic mass is 16.5. The number of hydrogen-bond donors (Lipinski definition) is 0. The van der Waals surface area contributed by atoms with Crippen molar-refractivity contribution in [3.8, 4) is 5.75 Å². The fourth-order valence-corrected chi connectivity index (χ4v) is 4.22. The van der Waals surface area contributed by atoms with Crippen LogP contribution in [0, 0.1) is 5.92 Å². The van der Waals surface area contributed by atoms with Crippen LogP contribution in [0.4, 0.5) is 4.79 Å². The van der Waals surface area contributed by atoms with Gasteiger partial charge < -0.3 is 19.4 Å². The van der Waals surface area contributed by atoms with Crippen molar-refractivity contribution in [2.45, 2.75) is 39.2 Å². The summed E-state index contributed by atoms with van der Waals surface area (Å²) in [6, 6.07) is 8.68. The summed E-state index contributed by atoms with van der Waals surface area (Å²) >= 11 is 0. The zero-order valence-corrected chi connectivity index (χ0v) is 20.1. The number of rotatable bonds is 9. The number of carbonyl (C=O) groups excluding carboxylic acids is 2. The van der Waals surface area contributed by atoms with E-state index in [-0.39, 0.29) is 17.9 Å². The Morgan fingerprint density at radius 3 is 2.23 bits per heavy atom. The molecule has 1 aromatic carbocycles. The maximum atomic E-state index is 12.9. The summed E-state index contributed by atoms with van der Waals surface area (Å²) in [7, 11) is 7.15. The number of amides is 3. The molecule has 0 N–H and O–H groups in total. The van der Waals surface area contributed by atoms with E-state index in [2.05, 4.69) is 30.9 Å². The third kappa shape index (κ3) is 7.13. The van der Waals surface area contributed by atoms with Crippen LogP contribution in [0.1, 0.15) is 32.3 Å². The highest BCUT2D eigenvalue weighted by Crippen LogP contribution is 2.20. The Hall–Kier alpha value is -2.28. The molecule has 1 aromatic rings. The quantitative estimate of drug-likeness (QED) is 0.602. The molecule has 7 nitrogen and oxygen atoms in total. The number of carbonyl (C=O) groups is 2. The van der Waals surface area contributed by atoms with Crippen molar-refractivity contribution in [3.63, 3.8) is 0 Å². The van der Waals surface area contributed by atoms with E-state index in [4.69, 9.17) is 4.74 Å². The van der Waals surface area contributed by atoms with E-state index in [0.717, 1.165) is 38.1 Å². The molecule has 1 aliphatic rings. The highest BCUT2D eigenvalue weighted by Gasteiger charge is 2.29. The minimum Gasteiger partial charge on any atom is -0.497 e. The van der Waals surface area contributed by atoms with Gasteiger partial charge in [0.05, 0.1) is 7.11 Å². The zero-order chi connectivity index (χ0) is 23.0. The monoisotopic (exact) mass is 432 g/mol. The highest BCUT2D eigenvalue weighted by molar-refractivity contribution is 5.79. The predicted molar refractivity (Wildman–Crippen MR) is 124 cm³/mol. The maximum absolute atomic E-state index is 12.9. The van der Waals surface area contributed by atoms with E-state index in [1.807, 2.05) is 29.0 Å². The summed E-state index contributed by atoms with van der Waals surface area (Å²) in [5.41, 5.74) is 1.28. The number of likely N-dealkylation sites (N-methyl/N-ethyl adjacent to an activating group) is 2. The van der Waals surface area contributed by atoms with E-state index in [9.17, 15) is 9.59 Å². The molecule has 1 fully saturated rings. The van der Waals surface area contributed by atoms with Gasteiger partial charge in [-0.2, -0.15) is 0 Å². The molecule has 0 radical (unpaired) electrons. The van der Waals surface area contributed by atoms with Crippen molar-refractivity contribution in [3.05, 3.63) is 29.8 Å². The largest absolute Gasteiger partial charge is 0.497 e. The summed E-state index contributed by atoms with van der Waals surface area (Å²) in [4.78, 5) is 32.8. The van der Waals surface area contributed by atoms with Gasteiger partial charge in [-0.15, -0.1) is 0 Å². The van der Waals surface area contributed by atoms with E-state index in [0.29, 0.717) is 25.7 Å². The Labute approximate surface area is 187 Å². The van der Waals surface area contributed by atoms with Crippen LogP contribution in [-0.2, 0) is 11.2 Å². The van der Waals surface area contributed by atoms with Gasteiger partial charge in [-0.25, -0.2) is 4.79 Å². The van der Waals surface area contributed by atoms with Crippen molar-refractivity contribution in [1.82, 2.24) is 19.6 Å². The van der Waals surface area contributed by atoms with Gasteiger partial charge in [0.2, 0.25) is 5.91 Å². The third-order valence-corrected chi connectivity index (χ3v) is 6.32. The molecule has 1 saturated heterocycles. The number of methoxy groups -OCH3 is 1. The first kappa shape index (κ1) is 25.0. The van der Waals surface area contributed by atoms with Crippen LogP contribution in [0.25, 0.3) is 0 Å². The minimum atomic E-state index is 0.0405. The smallest absolute Gasteiger partial charge is 0.319 e. The number of likely N-dealkylation sites (tertiary alicyclic amines) is 1. The van der Waals surface area contributed by atoms with Crippen molar-refractivity contribution < 1.29 is 14.3 Å². The van der Waals surface area contributed by atoms with Crippen LogP contribution in [0.5, 0.6) is 5.75 Å². The lowest BCUT2D eigenvalue weighted by atomic mass is 9.96. The average molecular weight is 433 g/mol. The molecule has 0 spiro atoms. The Kier molecular flexibility index (Phi) is 9.62. The number of piperidine rings is 1. The first-order chi connectivity index (χ1) is 14.8. The van der Waals surface area contributed by atoms with Crippen LogP contribution in [-0.4, -0.2) is 98.6 Å². The summed E-state index contributed by atoms with van der Waals surface area (Å²) in [5, 5.41) is 0. The fourth-order valence-electron chi connectivity index (χ4n) is 4.22. The van der Waals surface area contributed by atoms with E-state index in [1.54, 1.807) is 26.1 Å². The van der Waals surface area contributed by atoms with Gasteiger partial charge in [0, 0.05) is 59.3 Å². The van der Waals surface area contributed by atoms with Gasteiger partial charge in [0.25, 0.3) is 0 Å². The lowest BCUT2D eigenvalue weighted by Gasteiger charge is -2.36. The maximum Gasteiger partial charge on any atom is 0.319 e. The fraction of sp³-hybridized carbons (Fsp3) is 0.667. The molecule has 1 unspecified atom stereocenters. The van der Waals surface area contributed by atoms with Crippen molar-refractivity contribution in [2.24, 2.45) is 5.92 Å². The van der Waals surface area contributed by atoms with Crippen LogP contribution in [0.15, 0.2) is 24.3 Å². The molecule has 1 heterocycles. The molecule has 0 bridgehead atoms. The van der Waals surface area contributed by atoms with Gasteiger partial charge >= 0.3 is 6.03 Å². The second-order valence-electron chi connectivity index (χ2n) is 8.73. The Balaban J connectivity index is 1.80. The zero-order valence-electron chi connectivity index (χ0n) is 20.1. The number of nitrogens with zero attached hydrogens (tertiary/aromatic N) is 4.